The van der Waals surface area contributed by atoms with Crippen LogP contribution in [0.25, 0.3) is 0 Å². The summed E-state index contributed by atoms with van der Waals surface area (Å²) in [6, 6.07) is 0. The second kappa shape index (κ2) is 3.19. The molecule has 11 heavy (non-hydrogen) atoms. The first-order chi connectivity index (χ1) is 5.25. The van der Waals surface area contributed by atoms with Crippen molar-refractivity contribution in [2.45, 2.75) is 13.8 Å². The number of hydrogen-bond donors (Lipinski definition) is 0. The molecule has 0 saturated carbocycles. The van der Waals surface area contributed by atoms with Crippen molar-refractivity contribution in [1.29, 1.82) is 0 Å². The van der Waals surface area contributed by atoms with Gasteiger partial charge in [-0.05, 0) is 13.8 Å². The van der Waals surface area contributed by atoms with E-state index < -0.39 is 0 Å². The number of hydrogen-bond acceptors (Lipinski definition) is 2. The molecule has 0 N–H and O–H groups in total. The molecule has 0 spiro atoms. The maximum atomic E-state index is 3.95. The van der Waals surface area contributed by atoms with Crippen molar-refractivity contribution in [3.05, 3.63) is 36.4 Å². The highest BCUT2D eigenvalue weighted by Gasteiger charge is 2.04. The average Bonchev–Trinajstić information content (AvgIpc) is 2.04. The average molecular weight is 148 g/mol. The summed E-state index contributed by atoms with van der Waals surface area (Å²) in [6.45, 7) is 7.89. The van der Waals surface area contributed by atoms with Crippen LogP contribution in [0.3, 0.4) is 0 Å². The summed E-state index contributed by atoms with van der Waals surface area (Å²) in [6.07, 6.45) is 7.43. The van der Waals surface area contributed by atoms with Gasteiger partial charge in [-0.2, -0.15) is 0 Å². The SMILES string of the molecule is C=C1C=NC=CN1/C(C)=C\C. The molecule has 0 aromatic rings. The van der Waals surface area contributed by atoms with Crippen LogP contribution in [-0.4, -0.2) is 11.1 Å². The van der Waals surface area contributed by atoms with Crippen molar-refractivity contribution in [1.82, 2.24) is 4.90 Å². The van der Waals surface area contributed by atoms with Crippen LogP contribution in [0, 0.1) is 0 Å². The summed E-state index contributed by atoms with van der Waals surface area (Å²) in [7, 11) is 0. The Morgan fingerprint density at radius 1 is 1.73 bits per heavy atom. The summed E-state index contributed by atoms with van der Waals surface area (Å²) >= 11 is 0. The van der Waals surface area contributed by atoms with Gasteiger partial charge in [0.25, 0.3) is 0 Å². The summed E-state index contributed by atoms with van der Waals surface area (Å²) < 4.78 is 0. The van der Waals surface area contributed by atoms with Crippen LogP contribution in [0.5, 0.6) is 0 Å². The molecule has 0 fully saturated rings. The Morgan fingerprint density at radius 3 is 3.00 bits per heavy atom. The molecular formula is C9H12N2. The molecule has 58 valence electrons. The van der Waals surface area contributed by atoms with Crippen molar-refractivity contribution in [3.8, 4) is 0 Å². The first-order valence-electron chi connectivity index (χ1n) is 3.56. The van der Waals surface area contributed by atoms with Gasteiger partial charge in [0.2, 0.25) is 0 Å². The minimum Gasteiger partial charge on any atom is -0.319 e. The van der Waals surface area contributed by atoms with E-state index in [1.165, 1.54) is 0 Å². The van der Waals surface area contributed by atoms with Gasteiger partial charge in [-0.3, -0.25) is 4.99 Å². The molecule has 0 amide bonds. The minimum absolute atomic E-state index is 0.906. The molecule has 0 atom stereocenters. The minimum atomic E-state index is 0.906. The van der Waals surface area contributed by atoms with Gasteiger partial charge in [-0.15, -0.1) is 0 Å². The van der Waals surface area contributed by atoms with Crippen LogP contribution in [0.15, 0.2) is 41.4 Å². The van der Waals surface area contributed by atoms with Crippen molar-refractivity contribution >= 4 is 6.21 Å². The van der Waals surface area contributed by atoms with Crippen molar-refractivity contribution in [2.24, 2.45) is 4.99 Å². The molecule has 1 rings (SSSR count). The molecule has 0 radical (unpaired) electrons. The van der Waals surface area contributed by atoms with E-state index in [-0.39, 0.29) is 0 Å². The fraction of sp³-hybridized carbons (Fsp3) is 0.222. The first kappa shape index (κ1) is 7.79. The lowest BCUT2D eigenvalue weighted by molar-refractivity contribution is 0.601. The Balaban J connectivity index is 2.82. The number of rotatable bonds is 1. The van der Waals surface area contributed by atoms with E-state index in [0.717, 1.165) is 11.4 Å². The van der Waals surface area contributed by atoms with E-state index in [9.17, 15) is 0 Å². The zero-order valence-electron chi connectivity index (χ0n) is 6.91. The quantitative estimate of drug-likeness (QED) is 0.557. The lowest BCUT2D eigenvalue weighted by atomic mass is 10.3. The summed E-state index contributed by atoms with van der Waals surface area (Å²) in [5.74, 6) is 0. The molecule has 0 saturated heterocycles. The second-order valence-electron chi connectivity index (χ2n) is 2.37. The molecule has 2 heteroatoms. The van der Waals surface area contributed by atoms with Gasteiger partial charge >= 0.3 is 0 Å². The monoisotopic (exact) mass is 148 g/mol. The second-order valence-corrected chi connectivity index (χ2v) is 2.37. The van der Waals surface area contributed by atoms with E-state index >= 15 is 0 Å². The highest BCUT2D eigenvalue weighted by Crippen LogP contribution is 2.12. The molecular weight excluding hydrogens is 136 g/mol. The first-order valence-corrected chi connectivity index (χ1v) is 3.56. The van der Waals surface area contributed by atoms with Crippen molar-refractivity contribution < 1.29 is 0 Å². The molecule has 0 aliphatic carbocycles. The molecule has 0 aromatic heterocycles. The zero-order chi connectivity index (χ0) is 8.27. The number of aliphatic imine (C=N–C) groups is 1. The summed E-state index contributed by atoms with van der Waals surface area (Å²) in [5.41, 5.74) is 2.07. The molecule has 1 aliphatic rings. The van der Waals surface area contributed by atoms with E-state index in [1.54, 1.807) is 12.4 Å². The Bertz CT molecular complexity index is 244. The zero-order valence-corrected chi connectivity index (χ0v) is 6.91. The highest BCUT2D eigenvalue weighted by molar-refractivity contribution is 5.79. The number of allylic oxidation sites excluding steroid dienone is 3. The van der Waals surface area contributed by atoms with Crippen LogP contribution in [0.4, 0.5) is 0 Å². The van der Waals surface area contributed by atoms with Gasteiger partial charge in [-0.25, -0.2) is 0 Å². The van der Waals surface area contributed by atoms with Gasteiger partial charge in [0.15, 0.2) is 0 Å². The van der Waals surface area contributed by atoms with Crippen LogP contribution in [0.1, 0.15) is 13.8 Å². The van der Waals surface area contributed by atoms with E-state index in [1.807, 2.05) is 31.0 Å². The normalized spacial score (nSPS) is 17.8. The van der Waals surface area contributed by atoms with Gasteiger partial charge in [0.1, 0.15) is 0 Å². The van der Waals surface area contributed by atoms with Crippen LogP contribution >= 0.6 is 0 Å². The topological polar surface area (TPSA) is 15.6 Å². The summed E-state index contributed by atoms with van der Waals surface area (Å²) in [5, 5.41) is 0. The van der Waals surface area contributed by atoms with Gasteiger partial charge in [-0.1, -0.05) is 12.7 Å². The maximum Gasteiger partial charge on any atom is 0.0563 e. The lowest BCUT2D eigenvalue weighted by Crippen LogP contribution is -2.16. The molecule has 1 heterocycles. The molecule has 0 unspecified atom stereocenters. The Hall–Kier alpha value is -1.31. The van der Waals surface area contributed by atoms with E-state index in [4.69, 9.17) is 0 Å². The summed E-state index contributed by atoms with van der Waals surface area (Å²) in [4.78, 5) is 5.94. The predicted octanol–water partition coefficient (Wildman–Crippen LogP) is 2.28. The van der Waals surface area contributed by atoms with Crippen LogP contribution in [0.2, 0.25) is 0 Å². The third-order valence-electron chi connectivity index (χ3n) is 1.63. The lowest BCUT2D eigenvalue weighted by Gasteiger charge is -2.22. The Labute approximate surface area is 67.2 Å². The van der Waals surface area contributed by atoms with Gasteiger partial charge < -0.3 is 4.90 Å². The maximum absolute atomic E-state index is 3.95. The molecule has 2 nitrogen and oxygen atoms in total. The highest BCUT2D eigenvalue weighted by atomic mass is 15.1. The van der Waals surface area contributed by atoms with E-state index in [2.05, 4.69) is 11.6 Å². The third kappa shape index (κ3) is 1.58. The fourth-order valence-corrected chi connectivity index (χ4v) is 0.875. The molecule has 1 aliphatic heterocycles. The number of nitrogens with zero attached hydrogens (tertiary/aromatic N) is 2. The van der Waals surface area contributed by atoms with Crippen molar-refractivity contribution in [2.75, 3.05) is 0 Å². The van der Waals surface area contributed by atoms with Crippen LogP contribution < -0.4 is 0 Å². The molecule has 0 bridgehead atoms. The Kier molecular flexibility index (Phi) is 2.26. The standard InChI is InChI=1S/C9H12N2/c1-4-8(2)11-6-5-10-7-9(11)3/h4-7H,3H2,1-2H3/b8-4-. The van der Waals surface area contributed by atoms with Crippen LogP contribution in [-0.2, 0) is 0 Å². The van der Waals surface area contributed by atoms with Crippen molar-refractivity contribution in [3.63, 3.8) is 0 Å². The smallest absolute Gasteiger partial charge is 0.0563 e. The Morgan fingerprint density at radius 2 is 2.45 bits per heavy atom. The fourth-order valence-electron chi connectivity index (χ4n) is 0.875. The predicted molar refractivity (Wildman–Crippen MR) is 48.0 cm³/mol. The third-order valence-corrected chi connectivity index (χ3v) is 1.63. The van der Waals surface area contributed by atoms with Gasteiger partial charge in [0.05, 0.1) is 11.9 Å². The largest absolute Gasteiger partial charge is 0.319 e. The molecule has 0 aromatic carbocycles. The van der Waals surface area contributed by atoms with Gasteiger partial charge in [0, 0.05) is 18.1 Å². The van der Waals surface area contributed by atoms with E-state index in [0.29, 0.717) is 0 Å².